The third-order valence-electron chi connectivity index (χ3n) is 6.29. The Morgan fingerprint density at radius 2 is 2.21 bits per heavy atom. The van der Waals surface area contributed by atoms with Crippen LogP contribution in [0.1, 0.15) is 36.5 Å². The van der Waals surface area contributed by atoms with Gasteiger partial charge in [0, 0.05) is 54.8 Å². The number of aromatic amines is 1. The largest absolute Gasteiger partial charge is 0.384 e. The first-order valence-corrected chi connectivity index (χ1v) is 11.2. The molecule has 3 N–H and O–H groups in total. The molecule has 0 spiro atoms. The van der Waals surface area contributed by atoms with Crippen LogP contribution in [-0.4, -0.2) is 46.4 Å². The number of nitriles is 1. The molecule has 7 heteroatoms. The van der Waals surface area contributed by atoms with Gasteiger partial charge in [-0.3, -0.25) is 9.89 Å². The number of carbonyl (C=O) groups excluding carboxylic acids is 1. The van der Waals surface area contributed by atoms with Crippen molar-refractivity contribution in [2.24, 2.45) is 5.92 Å². The van der Waals surface area contributed by atoms with E-state index < -0.39 is 0 Å². The fourth-order valence-electron chi connectivity index (χ4n) is 4.51. The Morgan fingerprint density at radius 3 is 2.97 bits per heavy atom. The van der Waals surface area contributed by atoms with E-state index in [0.29, 0.717) is 24.3 Å². The third-order valence-corrected chi connectivity index (χ3v) is 6.29. The van der Waals surface area contributed by atoms with Crippen molar-refractivity contribution in [3.63, 3.8) is 0 Å². The zero-order valence-corrected chi connectivity index (χ0v) is 18.7. The summed E-state index contributed by atoms with van der Waals surface area (Å²) in [7, 11) is 0. The summed E-state index contributed by atoms with van der Waals surface area (Å²) in [5.74, 6) is 0.523. The number of anilines is 1. The highest BCUT2D eigenvalue weighted by Crippen LogP contribution is 2.27. The van der Waals surface area contributed by atoms with Crippen molar-refractivity contribution in [2.75, 3.05) is 18.4 Å². The van der Waals surface area contributed by atoms with E-state index in [0.717, 1.165) is 47.5 Å². The number of rotatable bonds is 8. The van der Waals surface area contributed by atoms with Crippen LogP contribution in [0, 0.1) is 22.7 Å². The van der Waals surface area contributed by atoms with Crippen molar-refractivity contribution in [2.45, 2.75) is 32.2 Å². The monoisotopic (exact) mass is 440 g/mol. The van der Waals surface area contributed by atoms with Crippen LogP contribution in [0.5, 0.6) is 0 Å². The van der Waals surface area contributed by atoms with Crippen molar-refractivity contribution in [1.82, 2.24) is 15.1 Å². The lowest BCUT2D eigenvalue weighted by molar-refractivity contribution is -0.131. The third kappa shape index (κ3) is 5.29. The summed E-state index contributed by atoms with van der Waals surface area (Å²) in [5.41, 5.74) is 5.40. The van der Waals surface area contributed by atoms with Crippen molar-refractivity contribution < 1.29 is 4.79 Å². The highest BCUT2D eigenvalue weighted by Gasteiger charge is 2.31. The van der Waals surface area contributed by atoms with Crippen molar-refractivity contribution >= 4 is 17.8 Å². The Morgan fingerprint density at radius 1 is 1.33 bits per heavy atom. The summed E-state index contributed by atoms with van der Waals surface area (Å²) >= 11 is 0. The lowest BCUT2D eigenvalue weighted by Crippen LogP contribution is -2.34. The van der Waals surface area contributed by atoms with Gasteiger partial charge in [-0.1, -0.05) is 18.2 Å². The maximum Gasteiger partial charge on any atom is 0.223 e. The molecule has 1 aliphatic heterocycles. The number of aryl methyl sites for hydroxylation is 1. The number of nitrogens with one attached hydrogen (secondary N) is 3. The molecule has 7 nitrogen and oxygen atoms in total. The molecular formula is C26H28N6O. The van der Waals surface area contributed by atoms with Crippen LogP contribution in [0.3, 0.4) is 0 Å². The number of likely N-dealkylation sites (tertiary alicyclic amines) is 1. The Labute approximate surface area is 194 Å². The molecule has 3 aromatic rings. The van der Waals surface area contributed by atoms with Gasteiger partial charge in [-0.05, 0) is 61.1 Å². The molecule has 1 unspecified atom stereocenters. The minimum atomic E-state index is 0.164. The Balaban J connectivity index is 1.32. The second-order valence-corrected chi connectivity index (χ2v) is 8.62. The summed E-state index contributed by atoms with van der Waals surface area (Å²) in [6.07, 6.45) is 7.01. The molecule has 33 heavy (non-hydrogen) atoms. The Hall–Kier alpha value is -3.92. The number of nitrogens with zero attached hydrogens (tertiary/aromatic N) is 3. The minimum absolute atomic E-state index is 0.164. The molecule has 1 aliphatic rings. The van der Waals surface area contributed by atoms with Gasteiger partial charge in [-0.2, -0.15) is 10.4 Å². The van der Waals surface area contributed by atoms with E-state index >= 15 is 0 Å². The van der Waals surface area contributed by atoms with Gasteiger partial charge >= 0.3 is 0 Å². The molecule has 0 radical (unpaired) electrons. The van der Waals surface area contributed by atoms with Crippen LogP contribution in [0.2, 0.25) is 0 Å². The van der Waals surface area contributed by atoms with E-state index in [2.05, 4.69) is 28.5 Å². The van der Waals surface area contributed by atoms with E-state index in [1.54, 1.807) is 12.3 Å². The van der Waals surface area contributed by atoms with Gasteiger partial charge < -0.3 is 15.6 Å². The molecule has 1 saturated heterocycles. The van der Waals surface area contributed by atoms with Gasteiger partial charge in [0.2, 0.25) is 5.91 Å². The second-order valence-electron chi connectivity index (χ2n) is 8.62. The highest BCUT2D eigenvalue weighted by molar-refractivity contribution is 5.88. The van der Waals surface area contributed by atoms with E-state index in [1.165, 1.54) is 6.21 Å². The fourth-order valence-corrected chi connectivity index (χ4v) is 4.51. The van der Waals surface area contributed by atoms with Gasteiger partial charge in [0.1, 0.15) is 0 Å². The minimum Gasteiger partial charge on any atom is -0.384 e. The number of H-pyrrole nitrogens is 1. The lowest BCUT2D eigenvalue weighted by Gasteiger charge is -2.21. The maximum absolute atomic E-state index is 12.9. The van der Waals surface area contributed by atoms with Crippen molar-refractivity contribution in [3.8, 4) is 17.2 Å². The number of carbonyl (C=O) groups is 1. The molecule has 2 heterocycles. The smallest absolute Gasteiger partial charge is 0.223 e. The van der Waals surface area contributed by atoms with Gasteiger partial charge in [0.15, 0.2) is 0 Å². The highest BCUT2D eigenvalue weighted by atomic mass is 16.2. The van der Waals surface area contributed by atoms with Crippen LogP contribution in [-0.2, 0) is 11.2 Å². The molecular weight excluding hydrogens is 412 g/mol. The Bertz CT molecular complexity index is 1160. The van der Waals surface area contributed by atoms with Gasteiger partial charge in [0.05, 0.1) is 17.8 Å². The standard InChI is InChI=1S/C26H28N6O/c1-18-9-21(17-32(18)26(33)8-5-19-3-2-4-20(10-19)12-27)14-29-25-7-6-22(11-23(25)13-28)24-15-30-31-16-24/h2-4,6-7,10-11,13,15-16,18,21,28-29H,5,8-9,14,17H2,1H3,(H,30,31)/t18-,21?/m1/s1. The van der Waals surface area contributed by atoms with E-state index in [-0.39, 0.29) is 11.9 Å². The SMILES string of the molecule is C[C@@H]1CC(CNc2ccc(-c3cn[nH]c3)cc2C=N)CN1C(=O)CCc1cccc(C#N)c1. The number of hydrogen-bond donors (Lipinski definition) is 3. The molecule has 0 aliphatic carbocycles. The fraction of sp³-hybridized carbons (Fsp3) is 0.308. The normalized spacial score (nSPS) is 17.5. The quantitative estimate of drug-likeness (QED) is 0.456. The topological polar surface area (TPSA) is 109 Å². The first-order chi connectivity index (χ1) is 16.1. The second kappa shape index (κ2) is 10.1. The summed E-state index contributed by atoms with van der Waals surface area (Å²) in [4.78, 5) is 14.8. The molecule has 1 aromatic heterocycles. The molecule has 0 bridgehead atoms. The van der Waals surface area contributed by atoms with Crippen LogP contribution >= 0.6 is 0 Å². The zero-order valence-electron chi connectivity index (χ0n) is 18.7. The predicted molar refractivity (Wildman–Crippen MR) is 129 cm³/mol. The first-order valence-electron chi connectivity index (χ1n) is 11.2. The van der Waals surface area contributed by atoms with E-state index in [9.17, 15) is 4.79 Å². The molecule has 168 valence electrons. The van der Waals surface area contributed by atoms with E-state index in [1.807, 2.05) is 47.5 Å². The van der Waals surface area contributed by atoms with Crippen LogP contribution < -0.4 is 5.32 Å². The molecule has 2 aromatic carbocycles. The summed E-state index contributed by atoms with van der Waals surface area (Å²) in [6, 6.07) is 15.8. The summed E-state index contributed by atoms with van der Waals surface area (Å²) in [5, 5.41) is 27.1. The average Bonchev–Trinajstić information content (AvgIpc) is 3.51. The summed E-state index contributed by atoms with van der Waals surface area (Å²) in [6.45, 7) is 3.60. The first kappa shape index (κ1) is 22.3. The van der Waals surface area contributed by atoms with Gasteiger partial charge in [-0.15, -0.1) is 0 Å². The van der Waals surface area contributed by atoms with E-state index in [4.69, 9.17) is 10.7 Å². The number of benzene rings is 2. The van der Waals surface area contributed by atoms with Crippen molar-refractivity contribution in [1.29, 1.82) is 10.7 Å². The molecule has 1 amide bonds. The molecule has 1 fully saturated rings. The van der Waals surface area contributed by atoms with Crippen molar-refractivity contribution in [3.05, 3.63) is 71.5 Å². The van der Waals surface area contributed by atoms with Gasteiger partial charge in [0.25, 0.3) is 0 Å². The molecule has 2 atom stereocenters. The number of amides is 1. The number of aromatic nitrogens is 2. The molecule has 4 rings (SSSR count). The van der Waals surface area contributed by atoms with Crippen LogP contribution in [0.25, 0.3) is 11.1 Å². The summed E-state index contributed by atoms with van der Waals surface area (Å²) < 4.78 is 0. The predicted octanol–water partition coefficient (Wildman–Crippen LogP) is 4.23. The van der Waals surface area contributed by atoms with Crippen LogP contribution in [0.15, 0.2) is 54.9 Å². The van der Waals surface area contributed by atoms with Crippen LogP contribution in [0.4, 0.5) is 5.69 Å². The zero-order chi connectivity index (χ0) is 23.2. The maximum atomic E-state index is 12.9. The average molecular weight is 441 g/mol. The Kier molecular flexibility index (Phi) is 6.84. The lowest BCUT2D eigenvalue weighted by atomic mass is 10.0. The number of hydrogen-bond acceptors (Lipinski definition) is 5. The molecule has 0 saturated carbocycles. The van der Waals surface area contributed by atoms with Gasteiger partial charge in [-0.25, -0.2) is 0 Å².